The van der Waals surface area contributed by atoms with Crippen LogP contribution < -0.4 is 15.4 Å². The predicted molar refractivity (Wildman–Crippen MR) is 65.2 cm³/mol. The summed E-state index contributed by atoms with van der Waals surface area (Å²) in [5.41, 5.74) is 0.687. The SMILES string of the molecule is CCNC(=O)CNc1cc(OC)ccc1Cl. The Morgan fingerprint density at radius 1 is 1.50 bits per heavy atom. The minimum Gasteiger partial charge on any atom is -0.497 e. The lowest BCUT2D eigenvalue weighted by molar-refractivity contribution is -0.119. The number of amides is 1. The molecule has 1 aromatic rings. The van der Waals surface area contributed by atoms with E-state index in [4.69, 9.17) is 16.3 Å². The van der Waals surface area contributed by atoms with Gasteiger partial charge in [0.15, 0.2) is 0 Å². The molecule has 1 rings (SSSR count). The molecular weight excluding hydrogens is 228 g/mol. The van der Waals surface area contributed by atoms with E-state index in [0.717, 1.165) is 0 Å². The Balaban J connectivity index is 2.62. The first kappa shape index (κ1) is 12.6. The Morgan fingerprint density at radius 2 is 2.25 bits per heavy atom. The first-order chi connectivity index (χ1) is 7.67. The summed E-state index contributed by atoms with van der Waals surface area (Å²) in [4.78, 5) is 11.2. The molecule has 0 radical (unpaired) electrons. The second-order valence-electron chi connectivity index (χ2n) is 3.15. The Bertz CT molecular complexity index is 369. The summed E-state index contributed by atoms with van der Waals surface area (Å²) < 4.78 is 5.06. The molecule has 0 aromatic heterocycles. The lowest BCUT2D eigenvalue weighted by Crippen LogP contribution is -2.29. The van der Waals surface area contributed by atoms with Crippen LogP contribution in [0.25, 0.3) is 0 Å². The van der Waals surface area contributed by atoms with E-state index in [1.165, 1.54) is 0 Å². The Hall–Kier alpha value is -1.42. The monoisotopic (exact) mass is 242 g/mol. The van der Waals surface area contributed by atoms with Crippen LogP contribution in [-0.2, 0) is 4.79 Å². The second kappa shape index (κ2) is 6.23. The number of halogens is 1. The molecule has 0 aliphatic rings. The van der Waals surface area contributed by atoms with Gasteiger partial charge in [0, 0.05) is 12.6 Å². The van der Waals surface area contributed by atoms with E-state index in [-0.39, 0.29) is 12.5 Å². The number of hydrogen-bond donors (Lipinski definition) is 2. The van der Waals surface area contributed by atoms with E-state index in [0.29, 0.717) is 23.0 Å². The number of carbonyl (C=O) groups excluding carboxylic acids is 1. The number of anilines is 1. The molecule has 2 N–H and O–H groups in total. The Kier molecular flexibility index (Phi) is 4.92. The summed E-state index contributed by atoms with van der Waals surface area (Å²) in [6.07, 6.45) is 0. The molecule has 88 valence electrons. The number of rotatable bonds is 5. The summed E-state index contributed by atoms with van der Waals surface area (Å²) in [6.45, 7) is 2.68. The standard InChI is InChI=1S/C11H15ClN2O2/c1-3-13-11(15)7-14-10-6-8(16-2)4-5-9(10)12/h4-6,14H,3,7H2,1-2H3,(H,13,15). The van der Waals surface area contributed by atoms with Crippen molar-refractivity contribution in [2.75, 3.05) is 25.5 Å². The summed E-state index contributed by atoms with van der Waals surface area (Å²) in [6, 6.07) is 5.24. The van der Waals surface area contributed by atoms with E-state index in [1.807, 2.05) is 6.92 Å². The average Bonchev–Trinajstić information content (AvgIpc) is 2.28. The van der Waals surface area contributed by atoms with Crippen molar-refractivity contribution in [1.29, 1.82) is 0 Å². The number of ether oxygens (including phenoxy) is 1. The van der Waals surface area contributed by atoms with Crippen LogP contribution in [0.4, 0.5) is 5.69 Å². The summed E-state index contributed by atoms with van der Waals surface area (Å²) in [5.74, 6) is 0.629. The Labute approximate surface area is 99.9 Å². The fourth-order valence-electron chi connectivity index (χ4n) is 1.20. The second-order valence-corrected chi connectivity index (χ2v) is 3.56. The van der Waals surface area contributed by atoms with Crippen LogP contribution in [0.2, 0.25) is 5.02 Å². The van der Waals surface area contributed by atoms with Crippen molar-refractivity contribution in [1.82, 2.24) is 5.32 Å². The molecular formula is C11H15ClN2O2. The number of carbonyl (C=O) groups is 1. The summed E-state index contributed by atoms with van der Waals surface area (Å²) >= 11 is 5.96. The zero-order valence-electron chi connectivity index (χ0n) is 9.34. The van der Waals surface area contributed by atoms with Crippen molar-refractivity contribution in [2.45, 2.75) is 6.92 Å². The molecule has 0 fully saturated rings. The molecule has 1 aromatic carbocycles. The van der Waals surface area contributed by atoms with Gasteiger partial charge in [-0.3, -0.25) is 4.79 Å². The van der Waals surface area contributed by atoms with Gasteiger partial charge in [0.1, 0.15) is 5.75 Å². The quantitative estimate of drug-likeness (QED) is 0.829. The summed E-state index contributed by atoms with van der Waals surface area (Å²) in [5, 5.41) is 6.20. The van der Waals surface area contributed by atoms with Crippen LogP contribution in [0, 0.1) is 0 Å². The van der Waals surface area contributed by atoms with Gasteiger partial charge in [0.2, 0.25) is 5.91 Å². The fraction of sp³-hybridized carbons (Fsp3) is 0.364. The topological polar surface area (TPSA) is 50.4 Å². The highest BCUT2D eigenvalue weighted by Gasteiger charge is 2.04. The smallest absolute Gasteiger partial charge is 0.239 e. The third-order valence-electron chi connectivity index (χ3n) is 1.99. The van der Waals surface area contributed by atoms with Gasteiger partial charge in [0.25, 0.3) is 0 Å². The molecule has 0 unspecified atom stereocenters. The molecule has 16 heavy (non-hydrogen) atoms. The third-order valence-corrected chi connectivity index (χ3v) is 2.32. The number of methoxy groups -OCH3 is 1. The molecule has 0 saturated heterocycles. The van der Waals surface area contributed by atoms with Gasteiger partial charge in [-0.15, -0.1) is 0 Å². The van der Waals surface area contributed by atoms with Gasteiger partial charge >= 0.3 is 0 Å². The molecule has 0 heterocycles. The van der Waals surface area contributed by atoms with Crippen LogP contribution in [0.5, 0.6) is 5.75 Å². The van der Waals surface area contributed by atoms with Crippen LogP contribution >= 0.6 is 11.6 Å². The maximum Gasteiger partial charge on any atom is 0.239 e. The molecule has 1 amide bonds. The fourth-order valence-corrected chi connectivity index (χ4v) is 1.39. The number of benzene rings is 1. The largest absolute Gasteiger partial charge is 0.497 e. The highest BCUT2D eigenvalue weighted by Crippen LogP contribution is 2.26. The van der Waals surface area contributed by atoms with Crippen molar-refractivity contribution in [3.05, 3.63) is 23.2 Å². The maximum atomic E-state index is 11.2. The maximum absolute atomic E-state index is 11.2. The average molecular weight is 243 g/mol. The van der Waals surface area contributed by atoms with E-state index < -0.39 is 0 Å². The lowest BCUT2D eigenvalue weighted by atomic mass is 10.3. The van der Waals surface area contributed by atoms with Crippen molar-refractivity contribution in [3.8, 4) is 5.75 Å². The third kappa shape index (κ3) is 3.62. The molecule has 0 aliphatic heterocycles. The summed E-state index contributed by atoms with van der Waals surface area (Å²) in [7, 11) is 1.58. The number of hydrogen-bond acceptors (Lipinski definition) is 3. The van der Waals surface area contributed by atoms with Crippen molar-refractivity contribution < 1.29 is 9.53 Å². The van der Waals surface area contributed by atoms with E-state index in [2.05, 4.69) is 10.6 Å². The first-order valence-electron chi connectivity index (χ1n) is 5.01. The zero-order valence-corrected chi connectivity index (χ0v) is 10.1. The van der Waals surface area contributed by atoms with Gasteiger partial charge in [-0.2, -0.15) is 0 Å². The minimum absolute atomic E-state index is 0.0682. The van der Waals surface area contributed by atoms with Crippen molar-refractivity contribution >= 4 is 23.2 Å². The first-order valence-corrected chi connectivity index (χ1v) is 5.39. The van der Waals surface area contributed by atoms with E-state index in [9.17, 15) is 4.79 Å². The van der Waals surface area contributed by atoms with Gasteiger partial charge in [-0.05, 0) is 19.1 Å². The molecule has 5 heteroatoms. The highest BCUT2D eigenvalue weighted by molar-refractivity contribution is 6.33. The van der Waals surface area contributed by atoms with E-state index in [1.54, 1.807) is 25.3 Å². The van der Waals surface area contributed by atoms with Crippen molar-refractivity contribution in [3.63, 3.8) is 0 Å². The number of nitrogens with one attached hydrogen (secondary N) is 2. The zero-order chi connectivity index (χ0) is 12.0. The molecule has 0 bridgehead atoms. The van der Waals surface area contributed by atoms with Gasteiger partial charge in [0.05, 0.1) is 24.4 Å². The molecule has 0 aliphatic carbocycles. The minimum atomic E-state index is -0.0682. The van der Waals surface area contributed by atoms with Gasteiger partial charge in [-0.25, -0.2) is 0 Å². The molecule has 0 spiro atoms. The van der Waals surface area contributed by atoms with Crippen LogP contribution in [0.1, 0.15) is 6.92 Å². The normalized spacial score (nSPS) is 9.69. The van der Waals surface area contributed by atoms with Gasteiger partial charge in [-0.1, -0.05) is 11.6 Å². The Morgan fingerprint density at radius 3 is 2.88 bits per heavy atom. The lowest BCUT2D eigenvalue weighted by Gasteiger charge is -2.09. The van der Waals surface area contributed by atoms with Crippen molar-refractivity contribution in [2.24, 2.45) is 0 Å². The van der Waals surface area contributed by atoms with Crippen LogP contribution in [-0.4, -0.2) is 26.1 Å². The molecule has 0 saturated carbocycles. The highest BCUT2D eigenvalue weighted by atomic mass is 35.5. The number of likely N-dealkylation sites (N-methyl/N-ethyl adjacent to an activating group) is 1. The molecule has 4 nitrogen and oxygen atoms in total. The molecule has 0 atom stereocenters. The van der Waals surface area contributed by atoms with E-state index >= 15 is 0 Å². The van der Waals surface area contributed by atoms with Gasteiger partial charge < -0.3 is 15.4 Å². The van der Waals surface area contributed by atoms with Crippen LogP contribution in [0.3, 0.4) is 0 Å². The van der Waals surface area contributed by atoms with Crippen LogP contribution in [0.15, 0.2) is 18.2 Å². The predicted octanol–water partition coefficient (Wildman–Crippen LogP) is 1.90.